The van der Waals surface area contributed by atoms with Crippen molar-refractivity contribution in [2.75, 3.05) is 0 Å². The zero-order valence-electron chi connectivity index (χ0n) is 11.4. The number of rotatable bonds is 2. The zero-order chi connectivity index (χ0) is 12.8. The van der Waals surface area contributed by atoms with Crippen LogP contribution in [0.3, 0.4) is 0 Å². The minimum absolute atomic E-state index is 0.513. The molecule has 2 aromatic rings. The van der Waals surface area contributed by atoms with Crippen LogP contribution in [0.1, 0.15) is 56.8 Å². The van der Waals surface area contributed by atoms with Gasteiger partial charge in [-0.25, -0.2) is 0 Å². The highest BCUT2D eigenvalue weighted by atomic mass is 16.3. The first-order valence-corrected chi connectivity index (χ1v) is 6.10. The molecule has 2 heteroatoms. The van der Waals surface area contributed by atoms with Crippen molar-refractivity contribution in [3.63, 3.8) is 0 Å². The quantitative estimate of drug-likeness (QED) is 0.721. The molecule has 2 nitrogen and oxygen atoms in total. The summed E-state index contributed by atoms with van der Waals surface area (Å²) in [6.07, 6.45) is 1.70. The predicted molar refractivity (Wildman–Crippen MR) is 70.3 cm³/mol. The third-order valence-electron chi connectivity index (χ3n) is 2.44. The van der Waals surface area contributed by atoms with E-state index in [2.05, 4.69) is 27.7 Å². The average Bonchev–Trinajstić information content (AvgIpc) is 2.87. The van der Waals surface area contributed by atoms with Crippen LogP contribution >= 0.6 is 0 Å². The van der Waals surface area contributed by atoms with Gasteiger partial charge in [0.1, 0.15) is 17.3 Å². The summed E-state index contributed by atoms with van der Waals surface area (Å²) in [5.74, 6) is 4.17. The standard InChI is InChI=1S/C8H12O.C7H10O/c1-6(2)8-5-4-7(3)9-8;1-6(2)7-4-3-5-8-7/h4-6H,1-3H3;3-6H,1-2H3. The second kappa shape index (κ2) is 6.33. The average molecular weight is 234 g/mol. The lowest BCUT2D eigenvalue weighted by Crippen LogP contribution is -1.79. The molecule has 0 N–H and O–H groups in total. The van der Waals surface area contributed by atoms with Crippen LogP contribution in [0.4, 0.5) is 0 Å². The van der Waals surface area contributed by atoms with Crippen molar-refractivity contribution in [1.29, 1.82) is 0 Å². The van der Waals surface area contributed by atoms with E-state index in [4.69, 9.17) is 8.83 Å². The fourth-order valence-electron chi connectivity index (χ4n) is 1.38. The molecule has 0 spiro atoms. The maximum Gasteiger partial charge on any atom is 0.106 e. The summed E-state index contributed by atoms with van der Waals surface area (Å²) in [7, 11) is 0. The molecule has 0 aliphatic carbocycles. The van der Waals surface area contributed by atoms with Gasteiger partial charge in [0.2, 0.25) is 0 Å². The topological polar surface area (TPSA) is 26.3 Å². The van der Waals surface area contributed by atoms with Gasteiger partial charge in [-0.2, -0.15) is 0 Å². The first-order chi connectivity index (χ1) is 8.00. The van der Waals surface area contributed by atoms with Crippen LogP contribution in [-0.4, -0.2) is 0 Å². The van der Waals surface area contributed by atoms with Gasteiger partial charge < -0.3 is 8.83 Å². The molecule has 0 aliphatic rings. The summed E-state index contributed by atoms with van der Waals surface area (Å²) in [4.78, 5) is 0. The Kier molecular flexibility index (Phi) is 5.08. The van der Waals surface area contributed by atoms with E-state index in [1.807, 2.05) is 31.2 Å². The molecule has 0 aromatic carbocycles. The Morgan fingerprint density at radius 1 is 0.882 bits per heavy atom. The van der Waals surface area contributed by atoms with E-state index >= 15 is 0 Å². The molecule has 0 atom stereocenters. The molecule has 0 aliphatic heterocycles. The van der Waals surface area contributed by atoms with Crippen molar-refractivity contribution >= 4 is 0 Å². The third kappa shape index (κ3) is 4.51. The molecule has 17 heavy (non-hydrogen) atoms. The lowest BCUT2D eigenvalue weighted by molar-refractivity contribution is 0.463. The molecule has 0 fully saturated rings. The largest absolute Gasteiger partial charge is 0.469 e. The van der Waals surface area contributed by atoms with E-state index in [9.17, 15) is 0 Å². The van der Waals surface area contributed by atoms with Crippen molar-refractivity contribution in [3.8, 4) is 0 Å². The first-order valence-electron chi connectivity index (χ1n) is 6.10. The van der Waals surface area contributed by atoms with E-state index in [0.717, 1.165) is 17.3 Å². The molecular weight excluding hydrogens is 212 g/mol. The summed E-state index contributed by atoms with van der Waals surface area (Å²) in [6, 6.07) is 7.93. The van der Waals surface area contributed by atoms with Crippen LogP contribution in [0, 0.1) is 6.92 Å². The van der Waals surface area contributed by atoms with Crippen LogP contribution in [0.5, 0.6) is 0 Å². The zero-order valence-corrected chi connectivity index (χ0v) is 11.4. The minimum Gasteiger partial charge on any atom is -0.469 e. The van der Waals surface area contributed by atoms with Gasteiger partial charge >= 0.3 is 0 Å². The molecule has 2 rings (SSSR count). The minimum atomic E-state index is 0.513. The van der Waals surface area contributed by atoms with Gasteiger partial charge in [0.25, 0.3) is 0 Å². The van der Waals surface area contributed by atoms with E-state index in [1.165, 1.54) is 0 Å². The van der Waals surface area contributed by atoms with Gasteiger partial charge in [-0.05, 0) is 31.2 Å². The highest BCUT2D eigenvalue weighted by molar-refractivity contribution is 5.08. The normalized spacial score (nSPS) is 10.5. The number of aryl methyl sites for hydroxylation is 1. The van der Waals surface area contributed by atoms with Gasteiger partial charge in [-0.3, -0.25) is 0 Å². The molecular formula is C15H22O2. The van der Waals surface area contributed by atoms with Gasteiger partial charge in [-0.15, -0.1) is 0 Å². The van der Waals surface area contributed by atoms with Gasteiger partial charge in [0, 0.05) is 11.8 Å². The summed E-state index contributed by atoms with van der Waals surface area (Å²) in [5, 5.41) is 0. The van der Waals surface area contributed by atoms with E-state index in [-0.39, 0.29) is 0 Å². The maximum atomic E-state index is 5.34. The highest BCUT2D eigenvalue weighted by Crippen LogP contribution is 2.16. The monoisotopic (exact) mass is 234 g/mol. The van der Waals surface area contributed by atoms with Crippen LogP contribution in [-0.2, 0) is 0 Å². The number of furan rings is 2. The smallest absolute Gasteiger partial charge is 0.106 e. The van der Waals surface area contributed by atoms with E-state index in [1.54, 1.807) is 6.26 Å². The summed E-state index contributed by atoms with van der Waals surface area (Å²) >= 11 is 0. The number of hydrogen-bond donors (Lipinski definition) is 0. The molecule has 0 amide bonds. The summed E-state index contributed by atoms with van der Waals surface area (Å²) < 4.78 is 10.4. The Bertz CT molecular complexity index is 408. The van der Waals surface area contributed by atoms with E-state index < -0.39 is 0 Å². The lowest BCUT2D eigenvalue weighted by atomic mass is 10.2. The maximum absolute atomic E-state index is 5.34. The van der Waals surface area contributed by atoms with Crippen molar-refractivity contribution in [2.45, 2.75) is 46.5 Å². The molecule has 0 saturated heterocycles. The van der Waals surface area contributed by atoms with Gasteiger partial charge in [0.15, 0.2) is 0 Å². The molecule has 2 aromatic heterocycles. The third-order valence-corrected chi connectivity index (χ3v) is 2.44. The Hall–Kier alpha value is -1.44. The number of hydrogen-bond acceptors (Lipinski definition) is 2. The van der Waals surface area contributed by atoms with Crippen LogP contribution in [0.2, 0.25) is 0 Å². The Morgan fingerprint density at radius 3 is 1.76 bits per heavy atom. The fourth-order valence-corrected chi connectivity index (χ4v) is 1.38. The Balaban J connectivity index is 0.000000171. The lowest BCUT2D eigenvalue weighted by Gasteiger charge is -1.96. The summed E-state index contributed by atoms with van der Waals surface area (Å²) in [6.45, 7) is 10.4. The second-order valence-electron chi connectivity index (χ2n) is 4.77. The molecule has 0 saturated carbocycles. The molecule has 0 bridgehead atoms. The second-order valence-corrected chi connectivity index (χ2v) is 4.77. The highest BCUT2D eigenvalue weighted by Gasteiger charge is 2.01. The molecule has 94 valence electrons. The molecule has 2 heterocycles. The first kappa shape index (κ1) is 13.6. The molecule has 0 unspecified atom stereocenters. The van der Waals surface area contributed by atoms with Crippen molar-refractivity contribution in [1.82, 2.24) is 0 Å². The van der Waals surface area contributed by atoms with Crippen LogP contribution in [0.15, 0.2) is 39.4 Å². The van der Waals surface area contributed by atoms with Crippen molar-refractivity contribution in [2.24, 2.45) is 0 Å². The van der Waals surface area contributed by atoms with E-state index in [0.29, 0.717) is 11.8 Å². The van der Waals surface area contributed by atoms with Crippen molar-refractivity contribution < 1.29 is 8.83 Å². The van der Waals surface area contributed by atoms with Gasteiger partial charge in [0.05, 0.1) is 6.26 Å². The SMILES string of the molecule is CC(C)c1ccco1.Cc1ccc(C(C)C)o1. The van der Waals surface area contributed by atoms with Crippen molar-refractivity contribution in [3.05, 3.63) is 47.8 Å². The molecule has 0 radical (unpaired) electrons. The Labute approximate surface area is 104 Å². The van der Waals surface area contributed by atoms with Crippen LogP contribution < -0.4 is 0 Å². The van der Waals surface area contributed by atoms with Crippen LogP contribution in [0.25, 0.3) is 0 Å². The predicted octanol–water partition coefficient (Wildman–Crippen LogP) is 5.11. The fraction of sp³-hybridized carbons (Fsp3) is 0.467. The van der Waals surface area contributed by atoms with Gasteiger partial charge in [-0.1, -0.05) is 27.7 Å². The Morgan fingerprint density at radius 2 is 1.53 bits per heavy atom. The summed E-state index contributed by atoms with van der Waals surface area (Å²) in [5.41, 5.74) is 0.